The highest BCUT2D eigenvalue weighted by molar-refractivity contribution is 9.10. The molecular formula is C26H20BrN3O. The molecule has 0 saturated carbocycles. The number of rotatable bonds is 6. The molecule has 0 bridgehead atoms. The van der Waals surface area contributed by atoms with E-state index in [0.717, 1.165) is 26.5 Å². The van der Waals surface area contributed by atoms with E-state index in [-0.39, 0.29) is 11.5 Å². The number of aromatic nitrogens is 1. The first-order chi connectivity index (χ1) is 15.1. The number of para-hydroxylation sites is 1. The minimum atomic E-state index is -0.379. The zero-order valence-corrected chi connectivity index (χ0v) is 18.3. The minimum absolute atomic E-state index is 0.0856. The number of halogens is 1. The van der Waals surface area contributed by atoms with Gasteiger partial charge < -0.3 is 9.88 Å². The molecule has 152 valence electrons. The van der Waals surface area contributed by atoms with E-state index in [9.17, 15) is 10.1 Å². The van der Waals surface area contributed by atoms with Crippen molar-refractivity contribution in [3.8, 4) is 6.07 Å². The monoisotopic (exact) mass is 469 g/mol. The van der Waals surface area contributed by atoms with Crippen molar-refractivity contribution in [2.45, 2.75) is 13.1 Å². The van der Waals surface area contributed by atoms with Gasteiger partial charge in [0.05, 0.1) is 0 Å². The van der Waals surface area contributed by atoms with Crippen molar-refractivity contribution >= 4 is 38.8 Å². The zero-order chi connectivity index (χ0) is 21.6. The van der Waals surface area contributed by atoms with Crippen LogP contribution < -0.4 is 5.32 Å². The van der Waals surface area contributed by atoms with Gasteiger partial charge in [-0.3, -0.25) is 4.79 Å². The number of amides is 1. The Bertz CT molecular complexity index is 1280. The molecule has 5 heteroatoms. The first-order valence-electron chi connectivity index (χ1n) is 9.90. The van der Waals surface area contributed by atoms with Gasteiger partial charge in [0, 0.05) is 40.2 Å². The molecule has 1 N–H and O–H groups in total. The lowest BCUT2D eigenvalue weighted by Crippen LogP contribution is -2.23. The van der Waals surface area contributed by atoms with Crippen molar-refractivity contribution in [1.82, 2.24) is 9.88 Å². The maximum absolute atomic E-state index is 12.6. The van der Waals surface area contributed by atoms with E-state index < -0.39 is 0 Å². The van der Waals surface area contributed by atoms with Gasteiger partial charge in [0.1, 0.15) is 11.6 Å². The van der Waals surface area contributed by atoms with Crippen LogP contribution in [-0.4, -0.2) is 10.5 Å². The summed E-state index contributed by atoms with van der Waals surface area (Å²) >= 11 is 3.47. The highest BCUT2D eigenvalue weighted by atomic mass is 79.9. The van der Waals surface area contributed by atoms with Crippen LogP contribution in [0.25, 0.3) is 17.0 Å². The summed E-state index contributed by atoms with van der Waals surface area (Å²) in [4.78, 5) is 12.6. The number of nitrogens with one attached hydrogen (secondary N) is 1. The third-order valence-corrected chi connectivity index (χ3v) is 5.58. The molecule has 0 unspecified atom stereocenters. The van der Waals surface area contributed by atoms with Crippen molar-refractivity contribution in [2.24, 2.45) is 0 Å². The number of hydrogen-bond acceptors (Lipinski definition) is 2. The normalized spacial score (nSPS) is 11.3. The topological polar surface area (TPSA) is 57.8 Å². The molecule has 4 nitrogen and oxygen atoms in total. The number of hydrogen-bond donors (Lipinski definition) is 1. The molecule has 0 aliphatic carbocycles. The molecule has 0 aliphatic heterocycles. The van der Waals surface area contributed by atoms with Gasteiger partial charge in [0.15, 0.2) is 0 Å². The smallest absolute Gasteiger partial charge is 0.262 e. The Morgan fingerprint density at radius 1 is 0.968 bits per heavy atom. The minimum Gasteiger partial charge on any atom is -0.347 e. The Balaban J connectivity index is 1.61. The van der Waals surface area contributed by atoms with Gasteiger partial charge in [-0.25, -0.2) is 0 Å². The number of carbonyl (C=O) groups is 1. The highest BCUT2D eigenvalue weighted by Crippen LogP contribution is 2.25. The average Bonchev–Trinajstić information content (AvgIpc) is 3.15. The van der Waals surface area contributed by atoms with Crippen LogP contribution in [0.3, 0.4) is 0 Å². The van der Waals surface area contributed by atoms with E-state index in [0.29, 0.717) is 13.1 Å². The molecule has 0 saturated heterocycles. The molecule has 1 heterocycles. The molecule has 1 aromatic heterocycles. The van der Waals surface area contributed by atoms with Crippen LogP contribution in [-0.2, 0) is 17.9 Å². The molecule has 0 spiro atoms. The molecule has 0 aliphatic rings. The van der Waals surface area contributed by atoms with Crippen LogP contribution >= 0.6 is 15.9 Å². The van der Waals surface area contributed by atoms with Crippen LogP contribution in [0.4, 0.5) is 0 Å². The summed E-state index contributed by atoms with van der Waals surface area (Å²) in [5.74, 6) is -0.379. The number of benzene rings is 3. The van der Waals surface area contributed by atoms with Crippen LogP contribution in [0.5, 0.6) is 0 Å². The van der Waals surface area contributed by atoms with Crippen LogP contribution in [0, 0.1) is 11.3 Å². The summed E-state index contributed by atoms with van der Waals surface area (Å²) in [5, 5.41) is 13.4. The van der Waals surface area contributed by atoms with Gasteiger partial charge in [-0.2, -0.15) is 5.26 Å². The molecule has 0 atom stereocenters. The molecule has 1 amide bonds. The quantitative estimate of drug-likeness (QED) is 0.291. The van der Waals surface area contributed by atoms with E-state index in [1.165, 1.54) is 5.56 Å². The Kier molecular flexibility index (Phi) is 6.30. The number of nitriles is 1. The zero-order valence-electron chi connectivity index (χ0n) is 16.8. The summed E-state index contributed by atoms with van der Waals surface area (Å²) in [5.41, 5.74) is 4.14. The Hall–Kier alpha value is -3.62. The van der Waals surface area contributed by atoms with Crippen molar-refractivity contribution in [3.63, 3.8) is 0 Å². The predicted octanol–water partition coefficient (Wildman–Crippen LogP) is 5.68. The Labute approximate surface area is 189 Å². The molecule has 4 aromatic rings. The van der Waals surface area contributed by atoms with E-state index in [1.807, 2.05) is 72.9 Å². The SMILES string of the molecule is N#C/C(=C/c1cn(Cc2ccc(Br)cc2)c2ccccc12)C(=O)NCc1ccccc1. The fourth-order valence-corrected chi connectivity index (χ4v) is 3.75. The van der Waals surface area contributed by atoms with Crippen molar-refractivity contribution < 1.29 is 4.79 Å². The van der Waals surface area contributed by atoms with Gasteiger partial charge in [-0.15, -0.1) is 0 Å². The molecule has 4 rings (SSSR count). The second-order valence-corrected chi connectivity index (χ2v) is 8.11. The van der Waals surface area contributed by atoms with Gasteiger partial charge in [-0.05, 0) is 35.4 Å². The van der Waals surface area contributed by atoms with Crippen LogP contribution in [0.15, 0.2) is 95.1 Å². The third kappa shape index (κ3) is 4.93. The van der Waals surface area contributed by atoms with Crippen LogP contribution in [0.2, 0.25) is 0 Å². The Morgan fingerprint density at radius 3 is 2.42 bits per heavy atom. The van der Waals surface area contributed by atoms with Crippen LogP contribution in [0.1, 0.15) is 16.7 Å². The van der Waals surface area contributed by atoms with E-state index in [1.54, 1.807) is 6.08 Å². The molecule has 0 radical (unpaired) electrons. The fourth-order valence-electron chi connectivity index (χ4n) is 3.49. The van der Waals surface area contributed by atoms with Crippen molar-refractivity contribution in [2.75, 3.05) is 0 Å². The summed E-state index contributed by atoms with van der Waals surface area (Å²) in [6, 6.07) is 27.9. The summed E-state index contributed by atoms with van der Waals surface area (Å²) in [7, 11) is 0. The maximum Gasteiger partial charge on any atom is 0.262 e. The third-order valence-electron chi connectivity index (χ3n) is 5.05. The molecule has 31 heavy (non-hydrogen) atoms. The van der Waals surface area contributed by atoms with E-state index in [4.69, 9.17) is 0 Å². The van der Waals surface area contributed by atoms with Gasteiger partial charge >= 0.3 is 0 Å². The average molecular weight is 470 g/mol. The molecule has 0 fully saturated rings. The summed E-state index contributed by atoms with van der Waals surface area (Å²) in [6.45, 7) is 1.08. The molecule has 3 aromatic carbocycles. The lowest BCUT2D eigenvalue weighted by atomic mass is 10.1. The fraction of sp³-hybridized carbons (Fsp3) is 0.0769. The standard InChI is InChI=1S/C26H20BrN3O/c27-23-12-10-20(11-13-23)17-30-18-22(24-8-4-5-9-25(24)30)14-21(15-28)26(31)29-16-19-6-2-1-3-7-19/h1-14,18H,16-17H2,(H,29,31)/b21-14-. The predicted molar refractivity (Wildman–Crippen MR) is 127 cm³/mol. The molecular weight excluding hydrogens is 450 g/mol. The Morgan fingerprint density at radius 2 is 1.68 bits per heavy atom. The van der Waals surface area contributed by atoms with Gasteiger partial charge in [0.25, 0.3) is 5.91 Å². The first kappa shape index (κ1) is 20.6. The van der Waals surface area contributed by atoms with Gasteiger partial charge in [-0.1, -0.05) is 76.6 Å². The largest absolute Gasteiger partial charge is 0.347 e. The maximum atomic E-state index is 12.6. The highest BCUT2D eigenvalue weighted by Gasteiger charge is 2.12. The van der Waals surface area contributed by atoms with Crippen molar-refractivity contribution in [1.29, 1.82) is 5.26 Å². The second kappa shape index (κ2) is 9.46. The van der Waals surface area contributed by atoms with E-state index in [2.05, 4.69) is 44.0 Å². The number of fused-ring (bicyclic) bond motifs is 1. The lowest BCUT2D eigenvalue weighted by Gasteiger charge is -2.05. The number of carbonyl (C=O) groups excluding carboxylic acids is 1. The van der Waals surface area contributed by atoms with Gasteiger partial charge in [0.2, 0.25) is 0 Å². The number of nitrogens with zero attached hydrogens (tertiary/aromatic N) is 2. The second-order valence-electron chi connectivity index (χ2n) is 7.19. The summed E-state index contributed by atoms with van der Waals surface area (Å²) < 4.78 is 3.18. The van der Waals surface area contributed by atoms with E-state index >= 15 is 0 Å². The lowest BCUT2D eigenvalue weighted by molar-refractivity contribution is -0.117. The first-order valence-corrected chi connectivity index (χ1v) is 10.7. The summed E-state index contributed by atoms with van der Waals surface area (Å²) in [6.07, 6.45) is 3.66. The van der Waals surface area contributed by atoms with Crippen molar-refractivity contribution in [3.05, 3.63) is 112 Å².